The van der Waals surface area contributed by atoms with Crippen molar-refractivity contribution in [2.24, 2.45) is 41.4 Å². The first-order valence-corrected chi connectivity index (χ1v) is 13.4. The van der Waals surface area contributed by atoms with E-state index in [1.807, 2.05) is 13.8 Å². The minimum absolute atomic E-state index is 0.0477. The van der Waals surface area contributed by atoms with Gasteiger partial charge in [0, 0.05) is 0 Å². The van der Waals surface area contributed by atoms with E-state index in [0.717, 1.165) is 18.3 Å². The Hall–Kier alpha value is -1.40. The van der Waals surface area contributed by atoms with Crippen LogP contribution in [0.15, 0.2) is 17.0 Å². The molecule has 2 bridgehead atoms. The Kier molecular flexibility index (Phi) is 5.25. The van der Waals surface area contributed by atoms with Crippen LogP contribution in [0.25, 0.3) is 0 Å². The first-order chi connectivity index (χ1) is 14.7. The highest BCUT2D eigenvalue weighted by Crippen LogP contribution is 2.65. The summed E-state index contributed by atoms with van der Waals surface area (Å²) in [4.78, 5) is 13.2. The zero-order chi connectivity index (χ0) is 22.1. The second-order valence-electron chi connectivity index (χ2n) is 10.8. The molecule has 5 nitrogen and oxygen atoms in total. The number of benzene rings is 1. The van der Waals surface area contributed by atoms with E-state index >= 15 is 0 Å². The molecule has 6 heteroatoms. The monoisotopic (exact) mass is 445 g/mol. The van der Waals surface area contributed by atoms with Crippen LogP contribution < -0.4 is 4.74 Å². The van der Waals surface area contributed by atoms with Gasteiger partial charge in [-0.3, -0.25) is 4.79 Å². The highest BCUT2D eigenvalue weighted by molar-refractivity contribution is 7.85. The van der Waals surface area contributed by atoms with Crippen molar-refractivity contribution in [3.8, 4) is 5.75 Å². The van der Waals surface area contributed by atoms with E-state index in [1.165, 1.54) is 44.6 Å². The van der Waals surface area contributed by atoms with Crippen molar-refractivity contribution in [2.75, 3.05) is 0 Å². The molecule has 1 aromatic carbocycles. The van der Waals surface area contributed by atoms with Crippen LogP contribution >= 0.6 is 0 Å². The lowest BCUT2D eigenvalue weighted by molar-refractivity contribution is -0.157. The fourth-order valence-electron chi connectivity index (χ4n) is 7.98. The van der Waals surface area contributed by atoms with Crippen LogP contribution in [-0.2, 0) is 14.9 Å². The topological polar surface area (TPSA) is 83.5 Å². The van der Waals surface area contributed by atoms with Crippen molar-refractivity contribution < 1.29 is 22.5 Å². The number of fused-ring (bicyclic) bond motifs is 1. The van der Waals surface area contributed by atoms with Gasteiger partial charge in [-0.2, -0.15) is 0 Å². The lowest BCUT2D eigenvalue weighted by atomic mass is 9.48. The predicted molar refractivity (Wildman–Crippen MR) is 116 cm³/mol. The maximum Gasteiger partial charge on any atom is 0.314 e. The zero-order valence-corrected chi connectivity index (χ0v) is 19.5. The van der Waals surface area contributed by atoms with E-state index in [4.69, 9.17) is 4.74 Å². The molecule has 6 rings (SSSR count). The fourth-order valence-corrected chi connectivity index (χ4v) is 8.88. The van der Waals surface area contributed by atoms with E-state index in [9.17, 15) is 17.8 Å². The summed E-state index contributed by atoms with van der Waals surface area (Å²) < 4.78 is 41.1. The third kappa shape index (κ3) is 3.45. The summed E-state index contributed by atoms with van der Waals surface area (Å²) in [5.74, 6) is 4.12. The van der Waals surface area contributed by atoms with Gasteiger partial charge < -0.3 is 9.29 Å². The van der Waals surface area contributed by atoms with Crippen molar-refractivity contribution in [3.63, 3.8) is 0 Å². The SMILES string of the molecule is Cc1cc(S(=O)(=O)[O-])c(C(C)C)cc1OC(=O)C1CC2C3CCCC3C1C1CCCC21. The van der Waals surface area contributed by atoms with Crippen LogP contribution in [0.5, 0.6) is 5.75 Å². The average molecular weight is 446 g/mol. The van der Waals surface area contributed by atoms with Crippen LogP contribution in [0.2, 0.25) is 0 Å². The van der Waals surface area contributed by atoms with Gasteiger partial charge in [-0.25, -0.2) is 8.42 Å². The molecule has 0 saturated heterocycles. The highest BCUT2D eigenvalue weighted by atomic mass is 32.2. The van der Waals surface area contributed by atoms with Crippen LogP contribution in [0.1, 0.15) is 75.8 Å². The first-order valence-electron chi connectivity index (χ1n) is 12.0. The quantitative estimate of drug-likeness (QED) is 0.369. The average Bonchev–Trinajstić information content (AvgIpc) is 3.38. The van der Waals surface area contributed by atoms with E-state index in [0.29, 0.717) is 40.5 Å². The second-order valence-corrected chi connectivity index (χ2v) is 12.1. The largest absolute Gasteiger partial charge is 0.744 e. The molecule has 0 N–H and O–H groups in total. The molecule has 0 radical (unpaired) electrons. The minimum atomic E-state index is -4.58. The molecule has 0 amide bonds. The molecule has 0 heterocycles. The van der Waals surface area contributed by atoms with E-state index in [1.54, 1.807) is 13.0 Å². The third-order valence-corrected chi connectivity index (χ3v) is 9.93. The Morgan fingerprint density at radius 3 is 2.13 bits per heavy atom. The van der Waals surface area contributed by atoms with Gasteiger partial charge in [0.25, 0.3) is 0 Å². The van der Waals surface area contributed by atoms with Gasteiger partial charge in [0.15, 0.2) is 0 Å². The third-order valence-electron chi connectivity index (χ3n) is 9.04. The smallest absolute Gasteiger partial charge is 0.314 e. The second kappa shape index (κ2) is 7.58. The summed E-state index contributed by atoms with van der Waals surface area (Å²) in [6.07, 6.45) is 8.72. The number of ether oxygens (including phenoxy) is 1. The van der Waals surface area contributed by atoms with Crippen LogP contribution in [0.4, 0.5) is 0 Å². The number of aryl methyl sites for hydroxylation is 1. The number of rotatable bonds is 4. The lowest BCUT2D eigenvalue weighted by Crippen LogP contribution is -2.54. The van der Waals surface area contributed by atoms with Gasteiger partial charge in [0.2, 0.25) is 0 Å². The lowest BCUT2D eigenvalue weighted by Gasteiger charge is -2.56. The van der Waals surface area contributed by atoms with Crippen LogP contribution in [0.3, 0.4) is 0 Å². The Labute approximate surface area is 185 Å². The number of esters is 1. The molecule has 170 valence electrons. The van der Waals surface area contributed by atoms with E-state index in [2.05, 4.69) is 0 Å². The first kappa shape index (κ1) is 21.4. The fraction of sp³-hybridized carbons (Fsp3) is 0.720. The van der Waals surface area contributed by atoms with Gasteiger partial charge in [0.05, 0.1) is 10.8 Å². The summed E-state index contributed by atoms with van der Waals surface area (Å²) in [5.41, 5.74) is 0.936. The van der Waals surface area contributed by atoms with Gasteiger partial charge >= 0.3 is 5.97 Å². The molecular formula is C25H33O5S-. The van der Waals surface area contributed by atoms with Gasteiger partial charge in [0.1, 0.15) is 15.9 Å². The summed E-state index contributed by atoms with van der Waals surface area (Å²) in [6, 6.07) is 2.97. The summed E-state index contributed by atoms with van der Waals surface area (Å²) in [6.45, 7) is 5.38. The van der Waals surface area contributed by atoms with Crippen molar-refractivity contribution in [3.05, 3.63) is 23.3 Å². The Morgan fingerprint density at radius 1 is 1.00 bits per heavy atom. The molecule has 5 aliphatic rings. The van der Waals surface area contributed by atoms with Crippen LogP contribution in [-0.4, -0.2) is 18.9 Å². The molecule has 5 fully saturated rings. The summed E-state index contributed by atoms with van der Waals surface area (Å²) in [5, 5.41) is 0. The van der Waals surface area contributed by atoms with Crippen LogP contribution in [0, 0.1) is 48.3 Å². The van der Waals surface area contributed by atoms with Gasteiger partial charge in [-0.05, 0) is 104 Å². The van der Waals surface area contributed by atoms with E-state index < -0.39 is 10.1 Å². The standard InChI is InChI=1S/C25H34O5S/c1-13(2)19-12-22(14(3)10-23(19)31(27,28)29)30-25(26)21-11-20-15-6-4-8-17(15)24(21)18-9-5-7-16(18)20/h10,12-13,15-18,20-21,24H,4-9,11H2,1-3H3,(H,27,28,29)/p-1. The number of carbonyl (C=O) groups is 1. The summed E-state index contributed by atoms with van der Waals surface area (Å²) >= 11 is 0. The van der Waals surface area contributed by atoms with E-state index in [-0.39, 0.29) is 22.7 Å². The molecular weight excluding hydrogens is 412 g/mol. The normalized spacial score (nSPS) is 36.5. The van der Waals surface area contributed by atoms with Gasteiger partial charge in [-0.15, -0.1) is 0 Å². The molecule has 0 aromatic heterocycles. The molecule has 1 aromatic rings. The maximum absolute atomic E-state index is 13.4. The van der Waals surface area contributed by atoms with Gasteiger partial charge in [-0.1, -0.05) is 26.7 Å². The molecule has 5 saturated carbocycles. The van der Waals surface area contributed by atoms with Crippen molar-refractivity contribution >= 4 is 16.1 Å². The molecule has 5 unspecified atom stereocenters. The number of hydrogen-bond donors (Lipinski definition) is 0. The Balaban J connectivity index is 1.44. The van der Waals surface area contributed by atoms with Crippen molar-refractivity contribution in [2.45, 2.75) is 76.5 Å². The number of carbonyl (C=O) groups excluding carboxylic acids is 1. The van der Waals surface area contributed by atoms with Crippen molar-refractivity contribution in [1.82, 2.24) is 0 Å². The molecule has 0 spiro atoms. The zero-order valence-electron chi connectivity index (χ0n) is 18.7. The highest BCUT2D eigenvalue weighted by Gasteiger charge is 2.61. The maximum atomic E-state index is 13.4. The Bertz CT molecular complexity index is 975. The molecule has 5 aliphatic carbocycles. The molecule has 31 heavy (non-hydrogen) atoms. The van der Waals surface area contributed by atoms with Crippen molar-refractivity contribution in [1.29, 1.82) is 0 Å². The minimum Gasteiger partial charge on any atom is -0.744 e. The number of hydrogen-bond acceptors (Lipinski definition) is 5. The Morgan fingerprint density at radius 2 is 1.58 bits per heavy atom. The summed E-state index contributed by atoms with van der Waals surface area (Å²) in [7, 11) is -4.58. The molecule has 5 atom stereocenters. The predicted octanol–water partition coefficient (Wildman–Crippen LogP) is 5.03. The molecule has 0 aliphatic heterocycles.